The fraction of sp³-hybridized carbons (Fsp3) is 0.333. The molecule has 2 aromatic heterocycles. The summed E-state index contributed by atoms with van der Waals surface area (Å²) in [7, 11) is 0. The van der Waals surface area contributed by atoms with Crippen LogP contribution in [-0.4, -0.2) is 45.6 Å². The monoisotopic (exact) mass is 387 g/mol. The summed E-state index contributed by atoms with van der Waals surface area (Å²) in [6.45, 7) is 4.81. The molecule has 9 heteroatoms. The van der Waals surface area contributed by atoms with Crippen molar-refractivity contribution in [3.8, 4) is 0 Å². The van der Waals surface area contributed by atoms with Gasteiger partial charge in [-0.25, -0.2) is 24.3 Å². The molecule has 1 atom stereocenters. The zero-order chi connectivity index (χ0) is 18.8. The minimum Gasteiger partial charge on any atom is -0.339 e. The highest BCUT2D eigenvalue weighted by Crippen LogP contribution is 2.26. The molecule has 1 fully saturated rings. The highest BCUT2D eigenvalue weighted by Gasteiger charge is 2.24. The molecule has 27 heavy (non-hydrogen) atoms. The number of nitrogens with one attached hydrogen (secondary N) is 2. The lowest BCUT2D eigenvalue weighted by atomic mass is 10.3. The van der Waals surface area contributed by atoms with E-state index in [4.69, 9.17) is 11.6 Å². The third-order valence-corrected chi connectivity index (χ3v) is 4.80. The summed E-state index contributed by atoms with van der Waals surface area (Å²) in [4.78, 5) is 19.8. The molecule has 3 heterocycles. The zero-order valence-electron chi connectivity index (χ0n) is 14.8. The van der Waals surface area contributed by atoms with Crippen molar-refractivity contribution >= 4 is 40.1 Å². The molecule has 0 amide bonds. The minimum absolute atomic E-state index is 0.0419. The smallest absolute Gasteiger partial charge is 0.226 e. The van der Waals surface area contributed by atoms with Crippen molar-refractivity contribution in [3.05, 3.63) is 41.6 Å². The molecule has 1 aliphatic heterocycles. The normalized spacial score (nSPS) is 16.9. The van der Waals surface area contributed by atoms with Crippen molar-refractivity contribution in [1.29, 1.82) is 0 Å². The first-order chi connectivity index (χ1) is 13.1. The number of hydrogen-bond donors (Lipinski definition) is 2. The van der Waals surface area contributed by atoms with E-state index in [0.717, 1.165) is 26.1 Å². The average Bonchev–Trinajstić information content (AvgIpc) is 3.14. The standard InChI is InChI=1S/C18H19ClFN7/c1-2-21-12-5-6-27(9-12)18-22-8-15-16(26-18)17(24-10-23-15)25-11-3-4-14(20)13(19)7-11/h3-4,7-8,10,12,21H,2,5-6,9H2,1H3,(H,23,24,25). The van der Waals surface area contributed by atoms with Crippen molar-refractivity contribution < 1.29 is 4.39 Å². The van der Waals surface area contributed by atoms with E-state index in [1.165, 1.54) is 18.5 Å². The number of benzene rings is 1. The Labute approximate surface area is 161 Å². The van der Waals surface area contributed by atoms with Crippen molar-refractivity contribution in [1.82, 2.24) is 25.3 Å². The van der Waals surface area contributed by atoms with Gasteiger partial charge >= 0.3 is 0 Å². The van der Waals surface area contributed by atoms with Crippen LogP contribution in [0.2, 0.25) is 5.02 Å². The largest absolute Gasteiger partial charge is 0.339 e. The van der Waals surface area contributed by atoms with Crippen LogP contribution in [0.5, 0.6) is 0 Å². The molecule has 0 saturated carbocycles. The fourth-order valence-corrected chi connectivity index (χ4v) is 3.38. The average molecular weight is 388 g/mol. The summed E-state index contributed by atoms with van der Waals surface area (Å²) >= 11 is 5.86. The summed E-state index contributed by atoms with van der Waals surface area (Å²) in [5.41, 5.74) is 1.86. The van der Waals surface area contributed by atoms with Crippen LogP contribution in [0.25, 0.3) is 11.0 Å². The van der Waals surface area contributed by atoms with Crippen molar-refractivity contribution in [2.75, 3.05) is 29.9 Å². The quantitative estimate of drug-likeness (QED) is 0.696. The van der Waals surface area contributed by atoms with Crippen LogP contribution < -0.4 is 15.5 Å². The van der Waals surface area contributed by atoms with E-state index in [-0.39, 0.29) is 5.02 Å². The Bertz CT molecular complexity index is 968. The maximum atomic E-state index is 13.4. The summed E-state index contributed by atoms with van der Waals surface area (Å²) in [6, 6.07) is 4.85. The molecule has 2 N–H and O–H groups in total. The maximum absolute atomic E-state index is 13.4. The van der Waals surface area contributed by atoms with Gasteiger partial charge in [0.1, 0.15) is 23.2 Å². The van der Waals surface area contributed by atoms with Crippen molar-refractivity contribution in [2.45, 2.75) is 19.4 Å². The van der Waals surface area contributed by atoms with Gasteiger partial charge in [0.2, 0.25) is 5.95 Å². The maximum Gasteiger partial charge on any atom is 0.226 e. The van der Waals surface area contributed by atoms with Gasteiger partial charge < -0.3 is 15.5 Å². The van der Waals surface area contributed by atoms with Gasteiger partial charge in [0.05, 0.1) is 11.2 Å². The second-order valence-corrected chi connectivity index (χ2v) is 6.78. The second kappa shape index (κ2) is 7.58. The highest BCUT2D eigenvalue weighted by atomic mass is 35.5. The van der Waals surface area contributed by atoms with Crippen LogP contribution in [-0.2, 0) is 0 Å². The summed E-state index contributed by atoms with van der Waals surface area (Å²) in [5.74, 6) is 0.704. The Morgan fingerprint density at radius 2 is 2.19 bits per heavy atom. The third kappa shape index (κ3) is 3.77. The van der Waals surface area contributed by atoms with Crippen LogP contribution in [0, 0.1) is 5.82 Å². The molecule has 4 rings (SSSR count). The molecule has 7 nitrogen and oxygen atoms in total. The van der Waals surface area contributed by atoms with Crippen molar-refractivity contribution in [3.63, 3.8) is 0 Å². The topological polar surface area (TPSA) is 78.9 Å². The number of fused-ring (bicyclic) bond motifs is 1. The Kier molecular flexibility index (Phi) is 5.00. The van der Waals surface area contributed by atoms with Gasteiger partial charge in [-0.3, -0.25) is 0 Å². The van der Waals surface area contributed by atoms with Crippen LogP contribution >= 0.6 is 11.6 Å². The first-order valence-electron chi connectivity index (χ1n) is 8.82. The zero-order valence-corrected chi connectivity index (χ0v) is 15.5. The second-order valence-electron chi connectivity index (χ2n) is 6.37. The van der Waals surface area contributed by atoms with Gasteiger partial charge in [0, 0.05) is 24.8 Å². The number of halogens is 2. The number of aromatic nitrogens is 4. The minimum atomic E-state index is -0.469. The van der Waals surface area contributed by atoms with Gasteiger partial charge in [-0.05, 0) is 31.2 Å². The first kappa shape index (κ1) is 17.8. The number of hydrogen-bond acceptors (Lipinski definition) is 7. The Morgan fingerprint density at radius 1 is 1.30 bits per heavy atom. The molecule has 0 aliphatic carbocycles. The fourth-order valence-electron chi connectivity index (χ4n) is 3.20. The number of likely N-dealkylation sites (N-methyl/N-ethyl adjacent to an activating group) is 1. The van der Waals surface area contributed by atoms with Crippen LogP contribution in [0.15, 0.2) is 30.7 Å². The molecule has 0 spiro atoms. The SMILES string of the molecule is CCNC1CCN(c2ncc3ncnc(Nc4ccc(F)c(Cl)c4)c3n2)C1. The highest BCUT2D eigenvalue weighted by molar-refractivity contribution is 6.31. The summed E-state index contributed by atoms with van der Waals surface area (Å²) < 4.78 is 13.4. The lowest BCUT2D eigenvalue weighted by Crippen LogP contribution is -2.32. The van der Waals surface area contributed by atoms with E-state index in [1.807, 2.05) is 0 Å². The van der Waals surface area contributed by atoms with E-state index in [0.29, 0.717) is 34.5 Å². The molecule has 1 aliphatic rings. The van der Waals surface area contributed by atoms with Gasteiger partial charge in [-0.15, -0.1) is 0 Å². The lowest BCUT2D eigenvalue weighted by Gasteiger charge is -2.17. The van der Waals surface area contributed by atoms with Gasteiger partial charge in [0.15, 0.2) is 5.82 Å². The van der Waals surface area contributed by atoms with Crippen molar-refractivity contribution in [2.24, 2.45) is 0 Å². The van der Waals surface area contributed by atoms with E-state index in [9.17, 15) is 4.39 Å². The number of nitrogens with zero attached hydrogens (tertiary/aromatic N) is 5. The molecule has 140 valence electrons. The number of rotatable bonds is 5. The predicted molar refractivity (Wildman–Crippen MR) is 104 cm³/mol. The van der Waals surface area contributed by atoms with E-state index in [1.54, 1.807) is 12.3 Å². The van der Waals surface area contributed by atoms with Gasteiger partial charge in [-0.1, -0.05) is 18.5 Å². The van der Waals surface area contributed by atoms with Gasteiger partial charge in [0.25, 0.3) is 0 Å². The van der Waals surface area contributed by atoms with E-state index >= 15 is 0 Å². The molecular formula is C18H19ClFN7. The summed E-state index contributed by atoms with van der Waals surface area (Å²) in [6.07, 6.45) is 4.19. The molecule has 3 aromatic rings. The number of anilines is 3. The van der Waals surface area contributed by atoms with Crippen LogP contribution in [0.3, 0.4) is 0 Å². The molecule has 0 radical (unpaired) electrons. The molecule has 1 aromatic carbocycles. The third-order valence-electron chi connectivity index (χ3n) is 4.51. The van der Waals surface area contributed by atoms with Crippen LogP contribution in [0.4, 0.5) is 21.8 Å². The summed E-state index contributed by atoms with van der Waals surface area (Å²) in [5, 5.41) is 6.64. The lowest BCUT2D eigenvalue weighted by molar-refractivity contribution is 0.571. The molecule has 1 saturated heterocycles. The Balaban J connectivity index is 1.64. The van der Waals surface area contributed by atoms with Gasteiger partial charge in [-0.2, -0.15) is 0 Å². The first-order valence-corrected chi connectivity index (χ1v) is 9.20. The van der Waals surface area contributed by atoms with E-state index < -0.39 is 5.82 Å². The Morgan fingerprint density at radius 3 is 3.00 bits per heavy atom. The Hall–Kier alpha value is -2.58. The molecule has 0 bridgehead atoms. The molecular weight excluding hydrogens is 369 g/mol. The van der Waals surface area contributed by atoms with Crippen LogP contribution in [0.1, 0.15) is 13.3 Å². The predicted octanol–water partition coefficient (Wildman–Crippen LogP) is 3.14. The van der Waals surface area contributed by atoms with E-state index in [2.05, 4.69) is 42.4 Å². The molecule has 1 unspecified atom stereocenters.